The monoisotopic (exact) mass is 455 g/mol. The number of halogens is 1. The van der Waals surface area contributed by atoms with Crippen LogP contribution in [0.3, 0.4) is 0 Å². The quantitative estimate of drug-likeness (QED) is 0.541. The van der Waals surface area contributed by atoms with Crippen molar-refractivity contribution in [3.63, 3.8) is 0 Å². The van der Waals surface area contributed by atoms with E-state index in [-0.39, 0.29) is 16.7 Å². The van der Waals surface area contributed by atoms with Crippen molar-refractivity contribution in [3.8, 4) is 10.6 Å². The Hall–Kier alpha value is -2.98. The Labute approximate surface area is 189 Å². The van der Waals surface area contributed by atoms with E-state index < -0.39 is 11.7 Å². The van der Waals surface area contributed by atoms with Gasteiger partial charge in [-0.2, -0.15) is 5.10 Å². The van der Waals surface area contributed by atoms with Gasteiger partial charge in [-0.25, -0.2) is 14.1 Å². The van der Waals surface area contributed by atoms with Gasteiger partial charge in [-0.3, -0.25) is 4.79 Å². The molecule has 32 heavy (non-hydrogen) atoms. The van der Waals surface area contributed by atoms with E-state index in [2.05, 4.69) is 20.3 Å². The van der Waals surface area contributed by atoms with Crippen molar-refractivity contribution in [3.05, 3.63) is 42.0 Å². The van der Waals surface area contributed by atoms with Crippen LogP contribution in [0.15, 0.2) is 30.5 Å². The van der Waals surface area contributed by atoms with Crippen molar-refractivity contribution >= 4 is 33.8 Å². The minimum Gasteiger partial charge on any atom is -0.389 e. The third kappa shape index (κ3) is 4.07. The highest BCUT2D eigenvalue weighted by molar-refractivity contribution is 7.19. The van der Waals surface area contributed by atoms with Crippen LogP contribution in [0.25, 0.3) is 10.6 Å². The fourth-order valence-corrected chi connectivity index (χ4v) is 4.96. The lowest BCUT2D eigenvalue weighted by Crippen LogP contribution is -2.29. The summed E-state index contributed by atoms with van der Waals surface area (Å²) in [5.41, 5.74) is 13.3. The lowest BCUT2D eigenvalue weighted by Gasteiger charge is -2.25. The van der Waals surface area contributed by atoms with Crippen molar-refractivity contribution in [2.45, 2.75) is 44.2 Å². The Morgan fingerprint density at radius 2 is 2.00 bits per heavy atom. The molecule has 1 amide bonds. The summed E-state index contributed by atoms with van der Waals surface area (Å²) in [5.74, 6) is 0.0862. The van der Waals surface area contributed by atoms with Gasteiger partial charge in [0.15, 0.2) is 11.5 Å². The lowest BCUT2D eigenvalue weighted by atomic mass is 10.1. The van der Waals surface area contributed by atoms with Crippen molar-refractivity contribution in [1.29, 1.82) is 0 Å². The summed E-state index contributed by atoms with van der Waals surface area (Å²) in [5, 5.41) is 8.15. The summed E-state index contributed by atoms with van der Waals surface area (Å²) in [6.45, 7) is 1.68. The number of hydrogen-bond donors (Lipinski definition) is 3. The molecule has 1 saturated heterocycles. The zero-order valence-corrected chi connectivity index (χ0v) is 18.4. The van der Waals surface area contributed by atoms with Crippen molar-refractivity contribution < 1.29 is 9.18 Å². The average Bonchev–Trinajstić information content (AvgIpc) is 3.48. The summed E-state index contributed by atoms with van der Waals surface area (Å²) in [4.78, 5) is 19.7. The number of nitrogens with zero attached hydrogens (tertiary/aromatic N) is 4. The van der Waals surface area contributed by atoms with E-state index in [9.17, 15) is 9.18 Å². The van der Waals surface area contributed by atoms with E-state index in [4.69, 9.17) is 11.5 Å². The van der Waals surface area contributed by atoms with Gasteiger partial charge in [-0.1, -0.05) is 23.5 Å². The van der Waals surface area contributed by atoms with Crippen molar-refractivity contribution in [2.24, 2.45) is 5.73 Å². The third-order valence-electron chi connectivity index (χ3n) is 5.96. The SMILES string of the molecule is Nc1sc(-c2ccccc2F)nc1C(=O)Nc1cnn(C2CC2)c1N1CCCC(N)CC1. The Balaban J connectivity index is 1.42. The van der Waals surface area contributed by atoms with Crippen LogP contribution in [-0.4, -0.2) is 39.8 Å². The minimum absolute atomic E-state index is 0.0938. The number of hydrogen-bond acceptors (Lipinski definition) is 7. The van der Waals surface area contributed by atoms with E-state index in [1.54, 1.807) is 24.4 Å². The molecule has 0 bridgehead atoms. The average molecular weight is 456 g/mol. The number of rotatable bonds is 5. The molecular formula is C22H26FN7OS. The van der Waals surface area contributed by atoms with E-state index in [1.807, 2.05) is 4.68 Å². The smallest absolute Gasteiger partial charge is 0.277 e. The molecule has 0 radical (unpaired) electrons. The summed E-state index contributed by atoms with van der Waals surface area (Å²) in [6.07, 6.45) is 6.74. The molecule has 168 valence electrons. The maximum atomic E-state index is 14.2. The van der Waals surface area contributed by atoms with Crippen LogP contribution in [0.4, 0.5) is 20.9 Å². The first kappa shape index (κ1) is 20.9. The first-order valence-electron chi connectivity index (χ1n) is 10.9. The van der Waals surface area contributed by atoms with Crippen LogP contribution in [0.1, 0.15) is 48.6 Å². The van der Waals surface area contributed by atoms with Gasteiger partial charge in [-0.15, -0.1) is 0 Å². The first-order valence-corrected chi connectivity index (χ1v) is 11.7. The summed E-state index contributed by atoms with van der Waals surface area (Å²) in [7, 11) is 0. The molecule has 2 aliphatic rings. The number of amides is 1. The molecule has 1 aromatic carbocycles. The molecule has 8 nitrogen and oxygen atoms in total. The maximum absolute atomic E-state index is 14.2. The number of aromatic nitrogens is 3. The van der Waals surface area contributed by atoms with Gasteiger partial charge >= 0.3 is 0 Å². The van der Waals surface area contributed by atoms with E-state index in [1.165, 1.54) is 6.07 Å². The zero-order valence-electron chi connectivity index (χ0n) is 17.6. The predicted molar refractivity (Wildman–Crippen MR) is 124 cm³/mol. The summed E-state index contributed by atoms with van der Waals surface area (Å²) in [6, 6.07) is 6.88. The summed E-state index contributed by atoms with van der Waals surface area (Å²) >= 11 is 1.10. The molecule has 0 spiro atoms. The molecule has 1 saturated carbocycles. The molecule has 5 N–H and O–H groups in total. The van der Waals surface area contributed by atoms with Crippen LogP contribution in [0.2, 0.25) is 0 Å². The molecule has 1 unspecified atom stereocenters. The largest absolute Gasteiger partial charge is 0.389 e. The fourth-order valence-electron chi connectivity index (χ4n) is 4.11. The second-order valence-corrected chi connectivity index (χ2v) is 9.43. The van der Waals surface area contributed by atoms with Gasteiger partial charge < -0.3 is 21.7 Å². The number of thiazole rings is 1. The number of nitrogens with one attached hydrogen (secondary N) is 1. The second kappa shape index (κ2) is 8.51. The van der Waals surface area contributed by atoms with Crippen LogP contribution in [-0.2, 0) is 0 Å². The van der Waals surface area contributed by atoms with E-state index >= 15 is 0 Å². The number of anilines is 3. The number of carbonyl (C=O) groups excluding carboxylic acids is 1. The van der Waals surface area contributed by atoms with Crippen LogP contribution >= 0.6 is 11.3 Å². The molecular weight excluding hydrogens is 429 g/mol. The molecule has 10 heteroatoms. The normalized spacial score (nSPS) is 19.1. The molecule has 3 heterocycles. The van der Waals surface area contributed by atoms with Crippen LogP contribution in [0.5, 0.6) is 0 Å². The third-order valence-corrected chi connectivity index (χ3v) is 6.87. The number of nitrogen functional groups attached to an aromatic ring is 1. The first-order chi connectivity index (χ1) is 15.5. The molecule has 1 aliphatic carbocycles. The minimum atomic E-state index is -0.426. The van der Waals surface area contributed by atoms with Crippen molar-refractivity contribution in [1.82, 2.24) is 14.8 Å². The highest BCUT2D eigenvalue weighted by atomic mass is 32.1. The molecule has 2 fully saturated rings. The topological polar surface area (TPSA) is 115 Å². The standard InChI is InChI=1S/C22H26FN7OS/c23-16-6-2-1-5-15(16)21-28-18(19(25)32-21)20(31)27-17-12-26-30(14-7-8-14)22(17)29-10-3-4-13(24)9-11-29/h1-2,5-6,12-14H,3-4,7-11,24-25H2,(H,27,31). The molecule has 3 aromatic rings. The molecule has 2 aromatic heterocycles. The van der Waals surface area contributed by atoms with Gasteiger partial charge in [-0.05, 0) is 44.2 Å². The Morgan fingerprint density at radius 3 is 2.78 bits per heavy atom. The van der Waals surface area contributed by atoms with Gasteiger partial charge in [0.05, 0.1) is 12.2 Å². The Morgan fingerprint density at radius 1 is 1.19 bits per heavy atom. The maximum Gasteiger partial charge on any atom is 0.277 e. The Bertz CT molecular complexity index is 1140. The van der Waals surface area contributed by atoms with Gasteiger partial charge in [0.25, 0.3) is 5.91 Å². The number of carbonyl (C=O) groups is 1. The molecule has 5 rings (SSSR count). The fraction of sp³-hybridized carbons (Fsp3) is 0.409. The van der Waals surface area contributed by atoms with E-state index in [0.29, 0.717) is 22.3 Å². The predicted octanol–water partition coefficient (Wildman–Crippen LogP) is 3.63. The van der Waals surface area contributed by atoms with Gasteiger partial charge in [0.2, 0.25) is 0 Å². The number of nitrogens with two attached hydrogens (primary N) is 2. The summed E-state index contributed by atoms with van der Waals surface area (Å²) < 4.78 is 16.2. The van der Waals surface area contributed by atoms with Crippen LogP contribution in [0, 0.1) is 5.82 Å². The second-order valence-electron chi connectivity index (χ2n) is 8.40. The zero-order chi connectivity index (χ0) is 22.2. The van der Waals surface area contributed by atoms with Crippen LogP contribution < -0.4 is 21.7 Å². The highest BCUT2D eigenvalue weighted by Gasteiger charge is 2.32. The lowest BCUT2D eigenvalue weighted by molar-refractivity contribution is 0.102. The molecule has 1 aliphatic heterocycles. The number of benzene rings is 1. The van der Waals surface area contributed by atoms with Crippen molar-refractivity contribution in [2.75, 3.05) is 29.0 Å². The molecule has 1 atom stereocenters. The Kier molecular flexibility index (Phi) is 5.56. The van der Waals surface area contributed by atoms with E-state index in [0.717, 1.165) is 62.3 Å². The van der Waals surface area contributed by atoms with Gasteiger partial charge in [0.1, 0.15) is 21.5 Å². The highest BCUT2D eigenvalue weighted by Crippen LogP contribution is 2.41. The van der Waals surface area contributed by atoms with Gasteiger partial charge in [0, 0.05) is 24.7 Å².